The molecule has 0 spiro atoms. The number of benzene rings is 2. The highest BCUT2D eigenvalue weighted by atomic mass is 19.1. The number of rotatable bonds is 9. The predicted molar refractivity (Wildman–Crippen MR) is 105 cm³/mol. The number of carbonyl (C=O) groups excluding carboxylic acids is 1. The van der Waals surface area contributed by atoms with Crippen LogP contribution >= 0.6 is 0 Å². The van der Waals surface area contributed by atoms with Gasteiger partial charge in [0.05, 0.1) is 25.0 Å². The van der Waals surface area contributed by atoms with E-state index in [0.29, 0.717) is 18.8 Å². The first-order chi connectivity index (χ1) is 13.6. The topological polar surface area (TPSA) is 59.4 Å². The third kappa shape index (κ3) is 5.92. The molecule has 3 rings (SSSR count). The molecule has 0 saturated heterocycles. The fraction of sp³-hybridized carbons (Fsp3) is 0.238. The molecular weight excluding hydrogens is 359 g/mol. The zero-order chi connectivity index (χ0) is 19.8. The second kappa shape index (κ2) is 9.66. The molecule has 1 aromatic heterocycles. The minimum absolute atomic E-state index is 0.0965. The summed E-state index contributed by atoms with van der Waals surface area (Å²) in [5.74, 6) is 0.00124. The molecule has 2 aromatic carbocycles. The maximum atomic E-state index is 13.1. The summed E-state index contributed by atoms with van der Waals surface area (Å²) >= 11 is 0. The summed E-state index contributed by atoms with van der Waals surface area (Å²) in [6.07, 6.45) is 3.75. The Labute approximate surface area is 163 Å². The summed E-state index contributed by atoms with van der Waals surface area (Å²) in [6.45, 7) is 1.51. The summed E-state index contributed by atoms with van der Waals surface area (Å²) in [5, 5.41) is 7.16. The lowest BCUT2D eigenvalue weighted by Crippen LogP contribution is -2.36. The fourth-order valence-corrected chi connectivity index (χ4v) is 2.75. The number of nitrogens with zero attached hydrogens (tertiary/aromatic N) is 3. The number of halogens is 1. The Morgan fingerprint density at radius 1 is 1.21 bits per heavy atom. The van der Waals surface area contributed by atoms with Gasteiger partial charge in [0.2, 0.25) is 5.91 Å². The molecule has 0 radical (unpaired) electrons. The van der Waals surface area contributed by atoms with Crippen molar-refractivity contribution in [3.05, 3.63) is 78.4 Å². The third-order valence-electron chi connectivity index (χ3n) is 4.01. The number of carbonyl (C=O) groups is 1. The van der Waals surface area contributed by atoms with Crippen molar-refractivity contribution < 1.29 is 13.9 Å². The van der Waals surface area contributed by atoms with Crippen molar-refractivity contribution in [2.75, 3.05) is 26.7 Å². The van der Waals surface area contributed by atoms with Crippen LogP contribution in [0.3, 0.4) is 0 Å². The van der Waals surface area contributed by atoms with Crippen molar-refractivity contribution in [3.63, 3.8) is 0 Å². The van der Waals surface area contributed by atoms with Crippen LogP contribution in [0.4, 0.5) is 4.39 Å². The van der Waals surface area contributed by atoms with Crippen LogP contribution in [0.5, 0.6) is 5.75 Å². The molecule has 3 aromatic rings. The molecule has 0 aliphatic rings. The maximum absolute atomic E-state index is 13.1. The van der Waals surface area contributed by atoms with Crippen LogP contribution in [0, 0.1) is 5.82 Å². The molecular formula is C21H23FN4O2. The average molecular weight is 382 g/mol. The van der Waals surface area contributed by atoms with Crippen LogP contribution in [0.2, 0.25) is 0 Å². The highest BCUT2D eigenvalue weighted by Gasteiger charge is 2.09. The molecule has 1 amide bonds. The quantitative estimate of drug-likeness (QED) is 0.578. The van der Waals surface area contributed by atoms with E-state index in [1.807, 2.05) is 53.2 Å². The standard InChI is InChI=1S/C21H23FN4O2/c1-25(14-17-13-24-26(15-17)19-7-3-2-4-8-19)16-21(27)23-10-11-28-20-9-5-6-18(22)12-20/h2-9,12-13,15H,10-11,14,16H2,1H3,(H,23,27). The van der Waals surface area contributed by atoms with Gasteiger partial charge in [-0.3, -0.25) is 9.69 Å². The average Bonchev–Trinajstić information content (AvgIpc) is 3.14. The van der Waals surface area contributed by atoms with Crippen LogP contribution < -0.4 is 10.1 Å². The lowest BCUT2D eigenvalue weighted by atomic mass is 10.3. The highest BCUT2D eigenvalue weighted by Crippen LogP contribution is 2.11. The van der Waals surface area contributed by atoms with Gasteiger partial charge >= 0.3 is 0 Å². The minimum atomic E-state index is -0.348. The van der Waals surface area contributed by atoms with Gasteiger partial charge < -0.3 is 10.1 Å². The van der Waals surface area contributed by atoms with Crippen molar-refractivity contribution in [2.24, 2.45) is 0 Å². The summed E-state index contributed by atoms with van der Waals surface area (Å²) in [7, 11) is 1.88. The van der Waals surface area contributed by atoms with E-state index < -0.39 is 0 Å². The van der Waals surface area contributed by atoms with Gasteiger partial charge in [0.25, 0.3) is 0 Å². The molecule has 0 unspecified atom stereocenters. The molecule has 0 saturated carbocycles. The molecule has 0 bridgehead atoms. The van der Waals surface area contributed by atoms with Gasteiger partial charge in [0.1, 0.15) is 18.2 Å². The van der Waals surface area contributed by atoms with Gasteiger partial charge in [0, 0.05) is 24.4 Å². The zero-order valence-corrected chi connectivity index (χ0v) is 15.7. The highest BCUT2D eigenvalue weighted by molar-refractivity contribution is 5.77. The Kier molecular flexibility index (Phi) is 6.75. The van der Waals surface area contributed by atoms with Gasteiger partial charge in [-0.05, 0) is 31.3 Å². The van der Waals surface area contributed by atoms with Gasteiger partial charge in [-0.25, -0.2) is 9.07 Å². The lowest BCUT2D eigenvalue weighted by Gasteiger charge is -2.15. The molecule has 146 valence electrons. The number of ether oxygens (including phenoxy) is 1. The second-order valence-corrected chi connectivity index (χ2v) is 6.46. The molecule has 0 fully saturated rings. The van der Waals surface area contributed by atoms with E-state index in [4.69, 9.17) is 4.74 Å². The van der Waals surface area contributed by atoms with Crippen LogP contribution in [0.25, 0.3) is 5.69 Å². The van der Waals surface area contributed by atoms with Crippen LogP contribution in [-0.2, 0) is 11.3 Å². The van der Waals surface area contributed by atoms with Gasteiger partial charge in [-0.15, -0.1) is 0 Å². The molecule has 1 N–H and O–H groups in total. The van der Waals surface area contributed by atoms with Crippen LogP contribution in [-0.4, -0.2) is 47.3 Å². The van der Waals surface area contributed by atoms with Crippen molar-refractivity contribution in [2.45, 2.75) is 6.54 Å². The number of para-hydroxylation sites is 1. The summed E-state index contributed by atoms with van der Waals surface area (Å²) in [4.78, 5) is 14.0. The van der Waals surface area contributed by atoms with Crippen molar-refractivity contribution in [3.8, 4) is 11.4 Å². The third-order valence-corrected chi connectivity index (χ3v) is 4.01. The number of nitrogens with one attached hydrogen (secondary N) is 1. The summed E-state index contributed by atoms with van der Waals surface area (Å²) in [5.41, 5.74) is 2.01. The Morgan fingerprint density at radius 3 is 2.82 bits per heavy atom. The molecule has 0 aliphatic heterocycles. The van der Waals surface area contributed by atoms with Crippen molar-refractivity contribution in [1.29, 1.82) is 0 Å². The zero-order valence-electron chi connectivity index (χ0n) is 15.7. The number of hydrogen-bond acceptors (Lipinski definition) is 4. The summed E-state index contributed by atoms with van der Waals surface area (Å²) in [6, 6.07) is 15.8. The predicted octanol–water partition coefficient (Wildman–Crippen LogP) is 2.64. The molecule has 28 heavy (non-hydrogen) atoms. The monoisotopic (exact) mass is 382 g/mol. The Morgan fingerprint density at radius 2 is 2.04 bits per heavy atom. The number of aromatic nitrogens is 2. The largest absolute Gasteiger partial charge is 0.492 e. The molecule has 6 nitrogen and oxygen atoms in total. The van der Waals surface area contributed by atoms with E-state index in [9.17, 15) is 9.18 Å². The smallest absolute Gasteiger partial charge is 0.234 e. The molecule has 0 atom stereocenters. The van der Waals surface area contributed by atoms with E-state index in [1.54, 1.807) is 18.3 Å². The van der Waals surface area contributed by atoms with E-state index in [-0.39, 0.29) is 24.9 Å². The fourth-order valence-electron chi connectivity index (χ4n) is 2.75. The van der Waals surface area contributed by atoms with Crippen molar-refractivity contribution in [1.82, 2.24) is 20.0 Å². The van der Waals surface area contributed by atoms with Gasteiger partial charge in [-0.1, -0.05) is 24.3 Å². The van der Waals surface area contributed by atoms with Crippen LogP contribution in [0.1, 0.15) is 5.56 Å². The second-order valence-electron chi connectivity index (χ2n) is 6.46. The van der Waals surface area contributed by atoms with Crippen LogP contribution in [0.15, 0.2) is 67.0 Å². The number of hydrogen-bond donors (Lipinski definition) is 1. The van der Waals surface area contributed by atoms with Gasteiger partial charge in [-0.2, -0.15) is 5.10 Å². The van der Waals surface area contributed by atoms with E-state index in [0.717, 1.165) is 11.3 Å². The lowest BCUT2D eigenvalue weighted by molar-refractivity contribution is -0.122. The molecule has 1 heterocycles. The minimum Gasteiger partial charge on any atom is -0.492 e. The molecule has 7 heteroatoms. The Hall–Kier alpha value is -3.19. The first-order valence-corrected chi connectivity index (χ1v) is 9.03. The summed E-state index contributed by atoms with van der Waals surface area (Å²) < 4.78 is 20.3. The molecule has 0 aliphatic carbocycles. The van der Waals surface area contributed by atoms with E-state index in [2.05, 4.69) is 10.4 Å². The van der Waals surface area contributed by atoms with E-state index >= 15 is 0 Å². The SMILES string of the molecule is CN(CC(=O)NCCOc1cccc(F)c1)Cc1cnn(-c2ccccc2)c1. The number of amides is 1. The normalized spacial score (nSPS) is 10.8. The first kappa shape index (κ1) is 19.6. The van der Waals surface area contributed by atoms with E-state index in [1.165, 1.54) is 12.1 Å². The van der Waals surface area contributed by atoms with Gasteiger partial charge in [0.15, 0.2) is 0 Å². The first-order valence-electron chi connectivity index (χ1n) is 9.03. The number of likely N-dealkylation sites (N-methyl/N-ethyl adjacent to an activating group) is 1. The Balaban J connectivity index is 1.38. The Bertz CT molecular complexity index is 898. The maximum Gasteiger partial charge on any atom is 0.234 e. The van der Waals surface area contributed by atoms with Crippen molar-refractivity contribution >= 4 is 5.91 Å².